The van der Waals surface area contributed by atoms with Crippen molar-refractivity contribution in [2.75, 3.05) is 32.8 Å². The lowest BCUT2D eigenvalue weighted by Gasteiger charge is -2.33. The molecule has 2 heterocycles. The van der Waals surface area contributed by atoms with E-state index < -0.39 is 0 Å². The molecule has 2 amide bonds. The number of H-pyrrole nitrogens is 1. The van der Waals surface area contributed by atoms with Gasteiger partial charge in [-0.05, 0) is 13.8 Å². The number of carbonyl (C=O) groups is 2. The van der Waals surface area contributed by atoms with Gasteiger partial charge in [-0.15, -0.1) is 0 Å². The van der Waals surface area contributed by atoms with Crippen molar-refractivity contribution in [3.8, 4) is 0 Å². The van der Waals surface area contributed by atoms with Gasteiger partial charge in [0.15, 0.2) is 0 Å². The third-order valence-corrected chi connectivity index (χ3v) is 3.15. The van der Waals surface area contributed by atoms with E-state index in [9.17, 15) is 9.59 Å². The quantitative estimate of drug-likeness (QED) is 0.851. The molecule has 0 unspecified atom stereocenters. The van der Waals surface area contributed by atoms with E-state index in [0.29, 0.717) is 38.3 Å². The summed E-state index contributed by atoms with van der Waals surface area (Å²) in [6.07, 6.45) is 1.23. The first-order valence-corrected chi connectivity index (χ1v) is 6.34. The number of hydrogen-bond acceptors (Lipinski definition) is 4. The average molecular weight is 266 g/mol. The second kappa shape index (κ2) is 5.73. The van der Waals surface area contributed by atoms with Crippen LogP contribution >= 0.6 is 0 Å². The molecule has 7 heteroatoms. The number of aromatic nitrogens is 2. The third kappa shape index (κ3) is 2.86. The molecule has 1 aliphatic rings. The molecule has 2 rings (SSSR count). The Morgan fingerprint density at radius 3 is 2.47 bits per heavy atom. The monoisotopic (exact) mass is 266 g/mol. The molecule has 19 heavy (non-hydrogen) atoms. The molecule has 0 saturated carbocycles. The molecular weight excluding hydrogens is 248 g/mol. The number of carbonyl (C=O) groups excluding carboxylic acids is 2. The molecule has 1 aromatic heterocycles. The summed E-state index contributed by atoms with van der Waals surface area (Å²) in [5.41, 5.74) is 1.35. The Morgan fingerprint density at radius 1 is 1.32 bits per heavy atom. The maximum Gasteiger partial charge on any atom is 0.409 e. The standard InChI is InChI=1S/C12H18N4O3/c1-3-19-12(18)16-6-4-15(5-7-16)11(17)10-8-13-14-9(10)2/h8H,3-7H2,1-2H3,(H,13,14). The van der Waals surface area contributed by atoms with Crippen LogP contribution in [0.4, 0.5) is 4.79 Å². The summed E-state index contributed by atoms with van der Waals surface area (Å²) in [7, 11) is 0. The van der Waals surface area contributed by atoms with Gasteiger partial charge >= 0.3 is 6.09 Å². The van der Waals surface area contributed by atoms with Crippen LogP contribution in [0.5, 0.6) is 0 Å². The highest BCUT2D eigenvalue weighted by molar-refractivity contribution is 5.95. The minimum Gasteiger partial charge on any atom is -0.450 e. The Kier molecular flexibility index (Phi) is 4.03. The smallest absolute Gasteiger partial charge is 0.409 e. The summed E-state index contributed by atoms with van der Waals surface area (Å²) in [5.74, 6) is -0.0465. The number of aromatic amines is 1. The lowest BCUT2D eigenvalue weighted by Crippen LogP contribution is -2.50. The SMILES string of the molecule is CCOC(=O)N1CCN(C(=O)c2cn[nH]c2C)CC1. The van der Waals surface area contributed by atoms with E-state index >= 15 is 0 Å². The van der Waals surface area contributed by atoms with Gasteiger partial charge in [-0.3, -0.25) is 9.89 Å². The normalized spacial score (nSPS) is 15.5. The molecule has 1 saturated heterocycles. The second-order valence-electron chi connectivity index (χ2n) is 4.39. The molecule has 0 aromatic carbocycles. The van der Waals surface area contributed by atoms with E-state index in [1.165, 1.54) is 6.20 Å². The van der Waals surface area contributed by atoms with Crippen molar-refractivity contribution >= 4 is 12.0 Å². The van der Waals surface area contributed by atoms with Crippen molar-refractivity contribution in [2.24, 2.45) is 0 Å². The first-order valence-electron chi connectivity index (χ1n) is 6.34. The number of amides is 2. The van der Waals surface area contributed by atoms with Crippen molar-refractivity contribution in [2.45, 2.75) is 13.8 Å². The molecule has 0 radical (unpaired) electrons. The number of ether oxygens (including phenoxy) is 1. The first kappa shape index (κ1) is 13.4. The van der Waals surface area contributed by atoms with Gasteiger partial charge in [-0.25, -0.2) is 4.79 Å². The highest BCUT2D eigenvalue weighted by atomic mass is 16.6. The molecule has 0 aliphatic carbocycles. The van der Waals surface area contributed by atoms with E-state index in [0.717, 1.165) is 5.69 Å². The summed E-state index contributed by atoms with van der Waals surface area (Å²) in [5, 5.41) is 6.60. The van der Waals surface area contributed by atoms with E-state index in [4.69, 9.17) is 4.74 Å². The molecule has 0 bridgehead atoms. The first-order chi connectivity index (χ1) is 9.13. The fourth-order valence-electron chi connectivity index (χ4n) is 2.04. The van der Waals surface area contributed by atoms with Gasteiger partial charge in [-0.2, -0.15) is 5.10 Å². The number of aryl methyl sites for hydroxylation is 1. The van der Waals surface area contributed by atoms with Crippen LogP contribution in [0, 0.1) is 6.92 Å². The summed E-state index contributed by atoms with van der Waals surface area (Å²) in [4.78, 5) is 27.1. The molecule has 0 atom stereocenters. The molecular formula is C12H18N4O3. The highest BCUT2D eigenvalue weighted by Gasteiger charge is 2.26. The fraction of sp³-hybridized carbons (Fsp3) is 0.583. The van der Waals surface area contributed by atoms with Gasteiger partial charge in [0.2, 0.25) is 0 Å². The van der Waals surface area contributed by atoms with Crippen LogP contribution in [-0.4, -0.2) is 64.8 Å². The van der Waals surface area contributed by atoms with Crippen molar-refractivity contribution < 1.29 is 14.3 Å². The maximum atomic E-state index is 12.2. The molecule has 1 N–H and O–H groups in total. The molecule has 1 aliphatic heterocycles. The minimum absolute atomic E-state index is 0.0465. The van der Waals surface area contributed by atoms with Crippen LogP contribution in [0.15, 0.2) is 6.20 Å². The van der Waals surface area contributed by atoms with Gasteiger partial charge in [0, 0.05) is 31.9 Å². The van der Waals surface area contributed by atoms with Crippen molar-refractivity contribution in [3.63, 3.8) is 0 Å². The number of rotatable bonds is 2. The molecule has 0 spiro atoms. The lowest BCUT2D eigenvalue weighted by molar-refractivity contribution is 0.0570. The van der Waals surface area contributed by atoms with Crippen LogP contribution in [0.25, 0.3) is 0 Å². The van der Waals surface area contributed by atoms with Gasteiger partial charge in [-0.1, -0.05) is 0 Å². The maximum absolute atomic E-state index is 12.2. The zero-order chi connectivity index (χ0) is 13.8. The predicted octanol–water partition coefficient (Wildman–Crippen LogP) is 0.632. The van der Waals surface area contributed by atoms with Crippen LogP contribution in [0.1, 0.15) is 23.0 Å². The zero-order valence-corrected chi connectivity index (χ0v) is 11.2. The van der Waals surface area contributed by atoms with Crippen molar-refractivity contribution in [1.29, 1.82) is 0 Å². The van der Waals surface area contributed by atoms with Crippen LogP contribution < -0.4 is 0 Å². The number of hydrogen-bond donors (Lipinski definition) is 1. The van der Waals surface area contributed by atoms with Gasteiger partial charge in [0.25, 0.3) is 5.91 Å². The summed E-state index contributed by atoms with van der Waals surface area (Å²) in [6.45, 7) is 5.99. The number of nitrogens with one attached hydrogen (secondary N) is 1. The van der Waals surface area contributed by atoms with Gasteiger partial charge < -0.3 is 14.5 Å². The Hall–Kier alpha value is -2.05. The fourth-order valence-corrected chi connectivity index (χ4v) is 2.04. The Balaban J connectivity index is 1.92. The third-order valence-electron chi connectivity index (χ3n) is 3.15. The Morgan fingerprint density at radius 2 is 1.95 bits per heavy atom. The van der Waals surface area contributed by atoms with Crippen LogP contribution in [-0.2, 0) is 4.74 Å². The van der Waals surface area contributed by atoms with E-state index in [-0.39, 0.29) is 12.0 Å². The molecule has 7 nitrogen and oxygen atoms in total. The molecule has 1 aromatic rings. The second-order valence-corrected chi connectivity index (χ2v) is 4.39. The molecule has 1 fully saturated rings. The van der Waals surface area contributed by atoms with E-state index in [1.54, 1.807) is 16.7 Å². The highest BCUT2D eigenvalue weighted by Crippen LogP contribution is 2.11. The summed E-state index contributed by atoms with van der Waals surface area (Å²) >= 11 is 0. The van der Waals surface area contributed by atoms with Crippen molar-refractivity contribution in [3.05, 3.63) is 17.5 Å². The number of piperazine rings is 1. The lowest BCUT2D eigenvalue weighted by atomic mass is 10.2. The minimum atomic E-state index is -0.311. The predicted molar refractivity (Wildman–Crippen MR) is 67.8 cm³/mol. The largest absolute Gasteiger partial charge is 0.450 e. The van der Waals surface area contributed by atoms with E-state index in [1.807, 2.05) is 6.92 Å². The topological polar surface area (TPSA) is 78.5 Å². The van der Waals surface area contributed by atoms with Gasteiger partial charge in [0.1, 0.15) is 0 Å². The van der Waals surface area contributed by atoms with E-state index in [2.05, 4.69) is 10.2 Å². The van der Waals surface area contributed by atoms with Crippen LogP contribution in [0.2, 0.25) is 0 Å². The average Bonchev–Trinajstić information content (AvgIpc) is 2.84. The van der Waals surface area contributed by atoms with Crippen LogP contribution in [0.3, 0.4) is 0 Å². The van der Waals surface area contributed by atoms with Gasteiger partial charge in [0.05, 0.1) is 18.4 Å². The van der Waals surface area contributed by atoms with Crippen molar-refractivity contribution in [1.82, 2.24) is 20.0 Å². The Labute approximate surface area is 111 Å². The zero-order valence-electron chi connectivity index (χ0n) is 11.2. The summed E-state index contributed by atoms with van der Waals surface area (Å²) < 4.78 is 4.94. The number of nitrogens with zero attached hydrogens (tertiary/aromatic N) is 3. The molecule has 104 valence electrons. The Bertz CT molecular complexity index is 463. The summed E-state index contributed by atoms with van der Waals surface area (Å²) in [6, 6.07) is 0.